The Morgan fingerprint density at radius 3 is 2.52 bits per heavy atom. The van der Waals surface area contributed by atoms with Crippen molar-refractivity contribution in [2.45, 2.75) is 52.1 Å². The van der Waals surface area contributed by atoms with Gasteiger partial charge in [-0.2, -0.15) is 0 Å². The highest BCUT2D eigenvalue weighted by molar-refractivity contribution is 5.95. The van der Waals surface area contributed by atoms with Gasteiger partial charge in [-0.05, 0) is 62.5 Å². The van der Waals surface area contributed by atoms with Crippen molar-refractivity contribution in [3.05, 3.63) is 88.6 Å². The highest BCUT2D eigenvalue weighted by Crippen LogP contribution is 2.29. The number of amides is 1. The van der Waals surface area contributed by atoms with Crippen molar-refractivity contribution in [3.63, 3.8) is 0 Å². The molecule has 0 fully saturated rings. The second-order valence-corrected chi connectivity index (χ2v) is 8.97. The van der Waals surface area contributed by atoms with Crippen LogP contribution in [0.2, 0.25) is 0 Å². The van der Waals surface area contributed by atoms with Gasteiger partial charge in [0.15, 0.2) is 0 Å². The van der Waals surface area contributed by atoms with Crippen LogP contribution in [0.3, 0.4) is 0 Å². The van der Waals surface area contributed by atoms with Gasteiger partial charge in [-0.25, -0.2) is 14.4 Å². The van der Waals surface area contributed by atoms with Crippen LogP contribution in [0.1, 0.15) is 53.9 Å². The zero-order valence-corrected chi connectivity index (χ0v) is 19.6. The molecule has 1 unspecified atom stereocenters. The van der Waals surface area contributed by atoms with Crippen LogP contribution in [0.4, 0.5) is 10.2 Å². The smallest absolute Gasteiger partial charge is 0.228 e. The Morgan fingerprint density at radius 1 is 1.06 bits per heavy atom. The summed E-state index contributed by atoms with van der Waals surface area (Å²) < 4.78 is 13.3. The molecule has 4 rings (SSSR count). The normalized spacial score (nSPS) is 14.5. The standard InChI is InChI=1S/C27H31FN4O/c1-19(22-7-5-4-6-8-22)15-16-31(3)18-25-29-20(2)24-13-14-26(33)32(27(24)30-25)17-21-9-11-23(28)12-10-21/h4-12,19H,13-18H2,1-3H3. The van der Waals surface area contributed by atoms with Gasteiger partial charge in [0, 0.05) is 17.7 Å². The van der Waals surface area contributed by atoms with Gasteiger partial charge in [-0.3, -0.25) is 14.6 Å². The van der Waals surface area contributed by atoms with E-state index in [-0.39, 0.29) is 11.7 Å². The topological polar surface area (TPSA) is 49.3 Å². The summed E-state index contributed by atoms with van der Waals surface area (Å²) in [6, 6.07) is 16.8. The molecule has 1 aromatic heterocycles. The fraction of sp³-hybridized carbons (Fsp3) is 0.370. The average Bonchev–Trinajstić information content (AvgIpc) is 2.81. The molecule has 0 spiro atoms. The maximum absolute atomic E-state index is 13.3. The lowest BCUT2D eigenvalue weighted by molar-refractivity contribution is -0.119. The number of nitrogens with zero attached hydrogens (tertiary/aromatic N) is 4. The van der Waals surface area contributed by atoms with Crippen molar-refractivity contribution in [1.29, 1.82) is 0 Å². The summed E-state index contributed by atoms with van der Waals surface area (Å²) in [4.78, 5) is 26.3. The molecule has 0 saturated carbocycles. The van der Waals surface area contributed by atoms with E-state index in [0.717, 1.165) is 35.6 Å². The molecule has 1 atom stereocenters. The van der Waals surface area contributed by atoms with E-state index in [9.17, 15) is 9.18 Å². The predicted octanol–water partition coefficient (Wildman–Crippen LogP) is 5.03. The largest absolute Gasteiger partial charge is 0.299 e. The zero-order valence-electron chi connectivity index (χ0n) is 19.6. The van der Waals surface area contributed by atoms with E-state index in [1.165, 1.54) is 17.7 Å². The SMILES string of the molecule is Cc1nc(CN(C)CCC(C)c2ccccc2)nc2c1CCC(=O)N2Cc1ccc(F)cc1. The Labute approximate surface area is 195 Å². The number of aromatic nitrogens is 2. The molecule has 0 bridgehead atoms. The van der Waals surface area contributed by atoms with E-state index in [0.29, 0.717) is 37.7 Å². The molecular formula is C27H31FN4O. The lowest BCUT2D eigenvalue weighted by Crippen LogP contribution is -2.36. The van der Waals surface area contributed by atoms with Gasteiger partial charge >= 0.3 is 0 Å². The quantitative estimate of drug-likeness (QED) is 0.487. The number of carbonyl (C=O) groups is 1. The minimum atomic E-state index is -0.283. The number of hydrogen-bond acceptors (Lipinski definition) is 4. The molecule has 172 valence electrons. The number of hydrogen-bond donors (Lipinski definition) is 0. The maximum Gasteiger partial charge on any atom is 0.228 e. The van der Waals surface area contributed by atoms with Gasteiger partial charge in [-0.1, -0.05) is 49.4 Å². The predicted molar refractivity (Wildman–Crippen MR) is 128 cm³/mol. The highest BCUT2D eigenvalue weighted by Gasteiger charge is 2.28. The first-order chi connectivity index (χ1) is 15.9. The van der Waals surface area contributed by atoms with Crippen molar-refractivity contribution in [1.82, 2.24) is 14.9 Å². The third-order valence-corrected chi connectivity index (χ3v) is 6.36. The van der Waals surface area contributed by atoms with Crippen molar-refractivity contribution < 1.29 is 9.18 Å². The van der Waals surface area contributed by atoms with Crippen LogP contribution in [0.5, 0.6) is 0 Å². The number of benzene rings is 2. The summed E-state index contributed by atoms with van der Waals surface area (Å²) in [7, 11) is 2.08. The monoisotopic (exact) mass is 446 g/mol. The molecule has 0 aliphatic carbocycles. The molecule has 0 saturated heterocycles. The molecule has 0 radical (unpaired) electrons. The van der Waals surface area contributed by atoms with Crippen LogP contribution in [0, 0.1) is 12.7 Å². The molecule has 0 N–H and O–H groups in total. The van der Waals surface area contributed by atoms with Crippen molar-refractivity contribution in [3.8, 4) is 0 Å². The summed E-state index contributed by atoms with van der Waals surface area (Å²) in [6.45, 7) is 6.17. The molecule has 2 heterocycles. The van der Waals surface area contributed by atoms with Crippen LogP contribution in [0.25, 0.3) is 0 Å². The van der Waals surface area contributed by atoms with Crippen molar-refractivity contribution in [2.75, 3.05) is 18.5 Å². The number of rotatable bonds is 8. The summed E-state index contributed by atoms with van der Waals surface area (Å²) in [5.41, 5.74) is 4.18. The minimum absolute atomic E-state index is 0.0425. The van der Waals surface area contributed by atoms with E-state index in [1.54, 1.807) is 17.0 Å². The maximum atomic E-state index is 13.3. The lowest BCUT2D eigenvalue weighted by Gasteiger charge is -2.30. The number of halogens is 1. The number of anilines is 1. The Morgan fingerprint density at radius 2 is 1.79 bits per heavy atom. The molecule has 3 aromatic rings. The van der Waals surface area contributed by atoms with Crippen molar-refractivity contribution >= 4 is 11.7 Å². The number of carbonyl (C=O) groups excluding carboxylic acids is 1. The van der Waals surface area contributed by atoms with Gasteiger partial charge in [0.05, 0.1) is 13.1 Å². The molecule has 2 aromatic carbocycles. The van der Waals surface area contributed by atoms with E-state index in [2.05, 4.69) is 43.1 Å². The summed E-state index contributed by atoms with van der Waals surface area (Å²) in [6.07, 6.45) is 2.14. The van der Waals surface area contributed by atoms with Crippen LogP contribution in [-0.2, 0) is 24.3 Å². The first-order valence-corrected chi connectivity index (χ1v) is 11.6. The molecule has 5 nitrogen and oxygen atoms in total. The third kappa shape index (κ3) is 5.63. The second kappa shape index (κ2) is 10.2. The molecule has 1 aliphatic rings. The third-order valence-electron chi connectivity index (χ3n) is 6.36. The first-order valence-electron chi connectivity index (χ1n) is 11.6. The first kappa shape index (κ1) is 23.1. The van der Waals surface area contributed by atoms with E-state index in [4.69, 9.17) is 9.97 Å². The molecule has 33 heavy (non-hydrogen) atoms. The Balaban J connectivity index is 1.47. The van der Waals surface area contributed by atoms with Crippen LogP contribution < -0.4 is 4.90 Å². The Hall–Kier alpha value is -3.12. The summed E-state index contributed by atoms with van der Waals surface area (Å²) in [5, 5.41) is 0. The molecule has 1 aliphatic heterocycles. The van der Waals surface area contributed by atoms with Gasteiger partial charge in [0.2, 0.25) is 5.91 Å². The second-order valence-electron chi connectivity index (χ2n) is 8.97. The number of aryl methyl sites for hydroxylation is 1. The van der Waals surface area contributed by atoms with Crippen molar-refractivity contribution in [2.24, 2.45) is 0 Å². The van der Waals surface area contributed by atoms with Gasteiger partial charge < -0.3 is 0 Å². The Kier molecular flexibility index (Phi) is 7.14. The van der Waals surface area contributed by atoms with Gasteiger partial charge in [0.1, 0.15) is 17.5 Å². The van der Waals surface area contributed by atoms with Crippen LogP contribution in [0.15, 0.2) is 54.6 Å². The average molecular weight is 447 g/mol. The minimum Gasteiger partial charge on any atom is -0.299 e. The molecule has 6 heteroatoms. The van der Waals surface area contributed by atoms with E-state index in [1.807, 2.05) is 13.0 Å². The summed E-state index contributed by atoms with van der Waals surface area (Å²) >= 11 is 0. The lowest BCUT2D eigenvalue weighted by atomic mass is 9.98. The fourth-order valence-corrected chi connectivity index (χ4v) is 4.33. The van der Waals surface area contributed by atoms with Crippen LogP contribution in [-0.4, -0.2) is 34.4 Å². The molecule has 1 amide bonds. The highest BCUT2D eigenvalue weighted by atomic mass is 19.1. The molecular weight excluding hydrogens is 415 g/mol. The number of fused-ring (bicyclic) bond motifs is 1. The van der Waals surface area contributed by atoms with E-state index >= 15 is 0 Å². The van der Waals surface area contributed by atoms with Gasteiger partial charge in [0.25, 0.3) is 0 Å². The Bertz CT molecular complexity index is 1100. The van der Waals surface area contributed by atoms with Gasteiger partial charge in [-0.15, -0.1) is 0 Å². The summed E-state index contributed by atoms with van der Waals surface area (Å²) in [5.74, 6) is 1.66. The van der Waals surface area contributed by atoms with E-state index < -0.39 is 0 Å². The van der Waals surface area contributed by atoms with Crippen LogP contribution >= 0.6 is 0 Å². The fourth-order valence-electron chi connectivity index (χ4n) is 4.33. The zero-order chi connectivity index (χ0) is 23.4.